The zero-order valence-electron chi connectivity index (χ0n) is 14.7. The largest absolute Gasteiger partial charge is 0.487 e. The van der Waals surface area contributed by atoms with Crippen molar-refractivity contribution in [2.24, 2.45) is 5.18 Å². The third-order valence-corrected chi connectivity index (χ3v) is 4.76. The van der Waals surface area contributed by atoms with Crippen molar-refractivity contribution in [1.82, 2.24) is 19.6 Å². The minimum atomic E-state index is -0.279. The molecule has 2 heterocycles. The Labute approximate surface area is 164 Å². The van der Waals surface area contributed by atoms with Gasteiger partial charge in [0.05, 0.1) is 5.69 Å². The summed E-state index contributed by atoms with van der Waals surface area (Å²) >= 11 is 6.10. The maximum atomic E-state index is 12.4. The van der Waals surface area contributed by atoms with E-state index < -0.39 is 0 Å². The van der Waals surface area contributed by atoms with Gasteiger partial charge < -0.3 is 4.74 Å². The molecule has 0 spiro atoms. The molecule has 8 nitrogen and oxygen atoms in total. The fraction of sp³-hybridized carbons (Fsp3) is 0.211. The van der Waals surface area contributed by atoms with Crippen molar-refractivity contribution in [1.29, 1.82) is 0 Å². The summed E-state index contributed by atoms with van der Waals surface area (Å²) in [5.74, 6) is 1.47. The molecule has 2 aromatic heterocycles. The van der Waals surface area contributed by atoms with Crippen LogP contribution in [0.4, 0.5) is 0 Å². The van der Waals surface area contributed by atoms with E-state index in [2.05, 4.69) is 20.2 Å². The Balaban J connectivity index is 1.59. The van der Waals surface area contributed by atoms with Crippen molar-refractivity contribution in [3.05, 3.63) is 85.9 Å². The van der Waals surface area contributed by atoms with Gasteiger partial charge in [-0.2, -0.15) is 14.4 Å². The number of ether oxygens (including phenoxy) is 1. The van der Waals surface area contributed by atoms with Crippen LogP contribution in [0.15, 0.2) is 58.5 Å². The summed E-state index contributed by atoms with van der Waals surface area (Å²) in [6.45, 7) is -0.0671. The van der Waals surface area contributed by atoms with E-state index in [1.54, 1.807) is 18.2 Å². The highest BCUT2D eigenvalue weighted by molar-refractivity contribution is 6.31. The number of allylic oxidation sites excluding steroid dienone is 4. The number of fused-ring (bicyclic) bond motifs is 1. The molecule has 28 heavy (non-hydrogen) atoms. The fourth-order valence-electron chi connectivity index (χ4n) is 3.01. The van der Waals surface area contributed by atoms with Crippen LogP contribution in [0.5, 0.6) is 5.75 Å². The number of hydrogen-bond donors (Lipinski definition) is 1. The van der Waals surface area contributed by atoms with E-state index in [4.69, 9.17) is 16.3 Å². The highest BCUT2D eigenvalue weighted by atomic mass is 35.5. The molecule has 0 radical (unpaired) electrons. The lowest BCUT2D eigenvalue weighted by atomic mass is 10.0. The SMILES string of the molecule is O=NCc1c(Cl)cccc1OCc1cc(=O)n2[nH]c(C3C=CC=CC3)nc2n1. The molecule has 9 heteroatoms. The molecule has 1 aromatic carbocycles. The number of nitrogens with zero attached hydrogens (tertiary/aromatic N) is 4. The van der Waals surface area contributed by atoms with E-state index in [-0.39, 0.29) is 30.4 Å². The van der Waals surface area contributed by atoms with E-state index in [9.17, 15) is 9.70 Å². The Kier molecular flexibility index (Phi) is 5.03. The lowest BCUT2D eigenvalue weighted by molar-refractivity contribution is 0.298. The number of aromatic amines is 1. The van der Waals surface area contributed by atoms with Crippen molar-refractivity contribution in [2.75, 3.05) is 0 Å². The molecule has 4 rings (SSSR count). The number of nitroso groups, excluding NO2 is 1. The fourth-order valence-corrected chi connectivity index (χ4v) is 3.24. The van der Waals surface area contributed by atoms with E-state index in [1.807, 2.05) is 24.3 Å². The average Bonchev–Trinajstić information content (AvgIpc) is 3.14. The summed E-state index contributed by atoms with van der Waals surface area (Å²) < 4.78 is 7.04. The van der Waals surface area contributed by atoms with Crippen molar-refractivity contribution in [3.8, 4) is 5.75 Å². The number of aromatic nitrogens is 4. The molecule has 1 aliphatic carbocycles. The van der Waals surface area contributed by atoms with Crippen LogP contribution in [0.25, 0.3) is 5.78 Å². The maximum absolute atomic E-state index is 12.4. The summed E-state index contributed by atoms with van der Waals surface area (Å²) in [5, 5.41) is 6.28. The van der Waals surface area contributed by atoms with E-state index in [0.717, 1.165) is 6.42 Å². The second-order valence-corrected chi connectivity index (χ2v) is 6.68. The van der Waals surface area contributed by atoms with Gasteiger partial charge in [0.2, 0.25) is 0 Å². The molecule has 142 valence electrons. The quantitative estimate of drug-likeness (QED) is 0.641. The summed E-state index contributed by atoms with van der Waals surface area (Å²) in [6, 6.07) is 6.44. The summed E-state index contributed by atoms with van der Waals surface area (Å²) in [5.41, 5.74) is 0.641. The van der Waals surface area contributed by atoms with Crippen molar-refractivity contribution in [2.45, 2.75) is 25.5 Å². The highest BCUT2D eigenvalue weighted by Crippen LogP contribution is 2.28. The number of hydrogen-bond acceptors (Lipinski definition) is 6. The van der Waals surface area contributed by atoms with Crippen molar-refractivity contribution in [3.63, 3.8) is 0 Å². The first-order valence-corrected chi connectivity index (χ1v) is 9.04. The first-order chi connectivity index (χ1) is 13.7. The molecule has 0 saturated heterocycles. The van der Waals surface area contributed by atoms with Gasteiger partial charge in [0.1, 0.15) is 24.7 Å². The molecule has 0 bridgehead atoms. The second kappa shape index (κ2) is 7.77. The van der Waals surface area contributed by atoms with Gasteiger partial charge in [-0.3, -0.25) is 9.89 Å². The van der Waals surface area contributed by atoms with Gasteiger partial charge in [-0.05, 0) is 18.6 Å². The van der Waals surface area contributed by atoms with Gasteiger partial charge in [-0.1, -0.05) is 47.1 Å². The molecular formula is C19H16ClN5O3. The Morgan fingerprint density at radius 1 is 1.32 bits per heavy atom. The van der Waals surface area contributed by atoms with Crippen molar-refractivity contribution >= 4 is 17.4 Å². The van der Waals surface area contributed by atoms with Crippen LogP contribution in [0.1, 0.15) is 29.4 Å². The summed E-state index contributed by atoms with van der Waals surface area (Å²) in [6.07, 6.45) is 8.80. The van der Waals surface area contributed by atoms with Gasteiger partial charge >= 0.3 is 0 Å². The predicted octanol–water partition coefficient (Wildman–Crippen LogP) is 3.52. The number of H-pyrrole nitrogens is 1. The van der Waals surface area contributed by atoms with Crippen LogP contribution in [0, 0.1) is 4.91 Å². The molecule has 0 fully saturated rings. The van der Waals surface area contributed by atoms with Crippen LogP contribution < -0.4 is 10.3 Å². The molecule has 1 N–H and O–H groups in total. The van der Waals surface area contributed by atoms with E-state index in [1.165, 1.54) is 10.6 Å². The standard InChI is InChI=1S/C19H16ClN5O3/c20-15-7-4-8-16(14(15)10-21-27)28-11-13-9-17(26)25-19(22-13)23-18(24-25)12-5-2-1-3-6-12/h1-5,7-9,12H,6,10-11H2,(H,22,23,24). The zero-order chi connectivity index (χ0) is 19.5. The topological polar surface area (TPSA) is 102 Å². The van der Waals surface area contributed by atoms with Crippen molar-refractivity contribution < 1.29 is 4.74 Å². The highest BCUT2D eigenvalue weighted by Gasteiger charge is 2.16. The van der Waals surface area contributed by atoms with E-state index >= 15 is 0 Å². The van der Waals surface area contributed by atoms with Crippen LogP contribution in [0.3, 0.4) is 0 Å². The van der Waals surface area contributed by atoms with Gasteiger partial charge in [0.15, 0.2) is 0 Å². The number of benzene rings is 1. The van der Waals surface area contributed by atoms with Crippen LogP contribution in [-0.2, 0) is 13.2 Å². The lowest BCUT2D eigenvalue weighted by Crippen LogP contribution is -2.17. The molecule has 1 atom stereocenters. The van der Waals surface area contributed by atoms with Crippen LogP contribution in [-0.4, -0.2) is 19.6 Å². The molecule has 1 unspecified atom stereocenters. The number of rotatable bonds is 6. The smallest absolute Gasteiger partial charge is 0.274 e. The van der Waals surface area contributed by atoms with Crippen LogP contribution in [0.2, 0.25) is 5.02 Å². The first kappa shape index (κ1) is 18.1. The molecule has 0 saturated carbocycles. The predicted molar refractivity (Wildman–Crippen MR) is 105 cm³/mol. The Hall–Kier alpha value is -3.26. The summed E-state index contributed by atoms with van der Waals surface area (Å²) in [4.78, 5) is 31.9. The summed E-state index contributed by atoms with van der Waals surface area (Å²) in [7, 11) is 0. The van der Waals surface area contributed by atoms with Gasteiger partial charge in [-0.25, -0.2) is 4.98 Å². The number of nitrogens with one attached hydrogen (secondary N) is 1. The third kappa shape index (κ3) is 3.59. The minimum Gasteiger partial charge on any atom is -0.487 e. The first-order valence-electron chi connectivity index (χ1n) is 8.67. The Bertz CT molecular complexity index is 1150. The normalized spacial score (nSPS) is 15.8. The second-order valence-electron chi connectivity index (χ2n) is 6.28. The molecule has 1 aliphatic rings. The number of halogens is 1. The van der Waals surface area contributed by atoms with E-state index in [0.29, 0.717) is 27.9 Å². The van der Waals surface area contributed by atoms with Crippen LogP contribution >= 0.6 is 11.6 Å². The molecular weight excluding hydrogens is 382 g/mol. The third-order valence-electron chi connectivity index (χ3n) is 4.41. The molecule has 0 aliphatic heterocycles. The van der Waals surface area contributed by atoms with Gasteiger partial charge in [0, 0.05) is 22.6 Å². The lowest BCUT2D eigenvalue weighted by Gasteiger charge is -2.10. The van der Waals surface area contributed by atoms with Gasteiger partial charge in [-0.15, -0.1) is 0 Å². The average molecular weight is 398 g/mol. The molecule has 3 aromatic rings. The Morgan fingerprint density at radius 2 is 2.21 bits per heavy atom. The maximum Gasteiger partial charge on any atom is 0.274 e. The minimum absolute atomic E-state index is 0.0339. The zero-order valence-corrected chi connectivity index (χ0v) is 15.5. The monoisotopic (exact) mass is 397 g/mol. The Morgan fingerprint density at radius 3 is 3.00 bits per heavy atom. The molecule has 0 amide bonds. The van der Waals surface area contributed by atoms with Gasteiger partial charge in [0.25, 0.3) is 11.3 Å².